The van der Waals surface area contributed by atoms with Crippen LogP contribution >= 0.6 is 11.3 Å². The van der Waals surface area contributed by atoms with Gasteiger partial charge in [-0.1, -0.05) is 63.1 Å². The lowest BCUT2D eigenvalue weighted by atomic mass is 9.92. The average molecular weight is 491 g/mol. The second-order valence-corrected chi connectivity index (χ2v) is 10.4. The summed E-state index contributed by atoms with van der Waals surface area (Å²) in [5.74, 6) is -0.200. The number of carbonyl (C=O) groups is 2. The molecule has 5 heteroatoms. The lowest BCUT2D eigenvalue weighted by molar-refractivity contribution is -0.127. The fraction of sp³-hybridized carbons (Fsp3) is 0.400. The minimum atomic E-state index is -0.749. The highest BCUT2D eigenvalue weighted by Crippen LogP contribution is 2.33. The van der Waals surface area contributed by atoms with E-state index < -0.39 is 6.04 Å². The zero-order valence-corrected chi connectivity index (χ0v) is 22.5. The Bertz CT molecular complexity index is 1100. The Kier molecular flexibility index (Phi) is 9.67. The summed E-state index contributed by atoms with van der Waals surface area (Å²) in [6.07, 6.45) is 4.20. The quantitative estimate of drug-likeness (QED) is 0.312. The van der Waals surface area contributed by atoms with Crippen molar-refractivity contribution >= 4 is 28.8 Å². The summed E-state index contributed by atoms with van der Waals surface area (Å²) in [7, 11) is 0. The first-order valence-electron chi connectivity index (χ1n) is 12.6. The van der Waals surface area contributed by atoms with Crippen LogP contribution in [0.4, 0.5) is 5.69 Å². The molecule has 0 fully saturated rings. The number of nitrogens with one attached hydrogen (secondary N) is 1. The van der Waals surface area contributed by atoms with Gasteiger partial charge in [-0.25, -0.2) is 0 Å². The van der Waals surface area contributed by atoms with E-state index in [2.05, 4.69) is 19.2 Å². The number of benzene rings is 2. The summed E-state index contributed by atoms with van der Waals surface area (Å²) in [6.45, 7) is 10.3. The molecule has 0 radical (unpaired) electrons. The summed E-state index contributed by atoms with van der Waals surface area (Å²) in [5, 5.41) is 5.28. The molecule has 2 atom stereocenters. The van der Waals surface area contributed by atoms with Gasteiger partial charge in [-0.3, -0.25) is 14.5 Å². The number of amides is 2. The summed E-state index contributed by atoms with van der Waals surface area (Å²) in [4.78, 5) is 30.7. The Hall–Kier alpha value is -2.92. The molecule has 0 bridgehead atoms. The molecule has 0 aliphatic carbocycles. The van der Waals surface area contributed by atoms with E-state index in [1.54, 1.807) is 16.2 Å². The van der Waals surface area contributed by atoms with Crippen molar-refractivity contribution in [2.45, 2.75) is 78.8 Å². The zero-order chi connectivity index (χ0) is 25.4. The van der Waals surface area contributed by atoms with Crippen LogP contribution in [0.3, 0.4) is 0 Å². The maximum absolute atomic E-state index is 14.1. The van der Waals surface area contributed by atoms with Crippen LogP contribution in [0.25, 0.3) is 0 Å². The molecule has 2 unspecified atom stereocenters. The van der Waals surface area contributed by atoms with Crippen LogP contribution in [-0.4, -0.2) is 17.9 Å². The highest BCUT2D eigenvalue weighted by atomic mass is 32.1. The smallest absolute Gasteiger partial charge is 0.248 e. The largest absolute Gasteiger partial charge is 0.351 e. The van der Waals surface area contributed by atoms with Crippen molar-refractivity contribution in [1.82, 2.24) is 5.32 Å². The van der Waals surface area contributed by atoms with Crippen molar-refractivity contribution in [3.05, 3.63) is 87.1 Å². The maximum Gasteiger partial charge on any atom is 0.248 e. The molecule has 35 heavy (non-hydrogen) atoms. The molecule has 2 aromatic carbocycles. The minimum Gasteiger partial charge on any atom is -0.351 e. The van der Waals surface area contributed by atoms with Crippen LogP contribution in [0.2, 0.25) is 0 Å². The molecular weight excluding hydrogens is 452 g/mol. The van der Waals surface area contributed by atoms with Gasteiger partial charge >= 0.3 is 0 Å². The highest BCUT2D eigenvalue weighted by Gasteiger charge is 2.35. The van der Waals surface area contributed by atoms with Gasteiger partial charge < -0.3 is 5.32 Å². The summed E-state index contributed by atoms with van der Waals surface area (Å²) < 4.78 is 0. The normalized spacial score (nSPS) is 12.7. The van der Waals surface area contributed by atoms with Gasteiger partial charge in [0.05, 0.1) is 6.42 Å². The number of unbranched alkanes of at least 4 members (excludes halogenated alkanes) is 1. The molecule has 4 nitrogen and oxygen atoms in total. The van der Waals surface area contributed by atoms with Crippen molar-refractivity contribution in [1.29, 1.82) is 0 Å². The van der Waals surface area contributed by atoms with Crippen molar-refractivity contribution in [3.63, 3.8) is 0 Å². The maximum atomic E-state index is 14.1. The third kappa shape index (κ3) is 6.82. The first-order chi connectivity index (χ1) is 16.8. The molecule has 3 rings (SSSR count). The topological polar surface area (TPSA) is 49.4 Å². The van der Waals surface area contributed by atoms with E-state index in [1.165, 1.54) is 0 Å². The molecule has 0 saturated heterocycles. The number of nitrogens with zero attached hydrogens (tertiary/aromatic N) is 1. The van der Waals surface area contributed by atoms with Crippen molar-refractivity contribution in [2.75, 3.05) is 4.90 Å². The van der Waals surface area contributed by atoms with Crippen LogP contribution in [-0.2, 0) is 16.0 Å². The molecule has 0 saturated carbocycles. The second-order valence-electron chi connectivity index (χ2n) is 9.32. The molecular formula is C30H38N2O2S. The van der Waals surface area contributed by atoms with E-state index >= 15 is 0 Å². The number of carbonyl (C=O) groups excluding carboxylic acids is 2. The number of rotatable bonds is 11. The van der Waals surface area contributed by atoms with Gasteiger partial charge in [0.1, 0.15) is 6.04 Å². The van der Waals surface area contributed by atoms with E-state index in [4.69, 9.17) is 0 Å². The number of hydrogen-bond donors (Lipinski definition) is 1. The SMILES string of the molecule is CCCCC(CC)NC(=O)C(c1c(C)cccc1C)N(C(=O)Cc1cccs1)c1cccc(C)c1. The fourth-order valence-electron chi connectivity index (χ4n) is 4.61. The van der Waals surface area contributed by atoms with Crippen molar-refractivity contribution in [3.8, 4) is 0 Å². The van der Waals surface area contributed by atoms with E-state index in [1.807, 2.05) is 80.7 Å². The number of hydrogen-bond acceptors (Lipinski definition) is 3. The lowest BCUT2D eigenvalue weighted by Crippen LogP contribution is -2.47. The van der Waals surface area contributed by atoms with E-state index in [-0.39, 0.29) is 24.3 Å². The van der Waals surface area contributed by atoms with Gasteiger partial charge in [-0.2, -0.15) is 0 Å². The van der Waals surface area contributed by atoms with E-state index in [0.717, 1.165) is 58.5 Å². The molecule has 0 aliphatic heterocycles. The third-order valence-electron chi connectivity index (χ3n) is 6.52. The number of thiophene rings is 1. The first-order valence-corrected chi connectivity index (χ1v) is 13.5. The lowest BCUT2D eigenvalue weighted by Gasteiger charge is -2.34. The highest BCUT2D eigenvalue weighted by molar-refractivity contribution is 7.10. The van der Waals surface area contributed by atoms with Gasteiger partial charge in [0.25, 0.3) is 0 Å². The molecule has 2 amide bonds. The van der Waals surface area contributed by atoms with E-state index in [9.17, 15) is 9.59 Å². The number of anilines is 1. The van der Waals surface area contributed by atoms with Gasteiger partial charge in [-0.15, -0.1) is 11.3 Å². The van der Waals surface area contributed by atoms with Crippen LogP contribution < -0.4 is 10.2 Å². The average Bonchev–Trinajstić information content (AvgIpc) is 3.33. The zero-order valence-electron chi connectivity index (χ0n) is 21.6. The molecule has 0 aliphatic rings. The molecule has 1 aromatic heterocycles. The van der Waals surface area contributed by atoms with Crippen molar-refractivity contribution < 1.29 is 9.59 Å². The standard InChI is InChI=1S/C30H38N2O2S/c1-6-8-15-24(7-2)31-30(34)29(28-22(4)13-10-14-23(28)5)32(25-16-9-12-21(3)19-25)27(33)20-26-17-11-18-35-26/h9-14,16-19,24,29H,6-8,15,20H2,1-5H3,(H,31,34). The summed E-state index contributed by atoms with van der Waals surface area (Å²) >= 11 is 1.56. The Morgan fingerprint density at radius 2 is 1.69 bits per heavy atom. The summed E-state index contributed by atoms with van der Waals surface area (Å²) in [6, 6.07) is 17.2. The van der Waals surface area contributed by atoms with Crippen LogP contribution in [0.15, 0.2) is 60.0 Å². The Morgan fingerprint density at radius 3 is 2.29 bits per heavy atom. The van der Waals surface area contributed by atoms with E-state index in [0.29, 0.717) is 0 Å². The van der Waals surface area contributed by atoms with Crippen LogP contribution in [0.1, 0.15) is 72.7 Å². The monoisotopic (exact) mass is 490 g/mol. The van der Waals surface area contributed by atoms with Gasteiger partial charge in [0.15, 0.2) is 0 Å². The van der Waals surface area contributed by atoms with Crippen LogP contribution in [0, 0.1) is 20.8 Å². The van der Waals surface area contributed by atoms with Gasteiger partial charge in [-0.05, 0) is 79.4 Å². The van der Waals surface area contributed by atoms with Crippen molar-refractivity contribution in [2.24, 2.45) is 0 Å². The van der Waals surface area contributed by atoms with Gasteiger partial charge in [0.2, 0.25) is 11.8 Å². The van der Waals surface area contributed by atoms with Gasteiger partial charge in [0, 0.05) is 16.6 Å². The first kappa shape index (κ1) is 26.7. The van der Waals surface area contributed by atoms with Crippen LogP contribution in [0.5, 0.6) is 0 Å². The summed E-state index contributed by atoms with van der Waals surface area (Å²) in [5.41, 5.74) is 4.71. The third-order valence-corrected chi connectivity index (χ3v) is 7.40. The molecule has 1 N–H and O–H groups in total. The molecule has 1 heterocycles. The Balaban J connectivity index is 2.13. The molecule has 0 spiro atoms. The minimum absolute atomic E-state index is 0.0811. The Morgan fingerprint density at radius 1 is 0.971 bits per heavy atom. The molecule has 3 aromatic rings. The predicted molar refractivity (Wildman–Crippen MR) is 147 cm³/mol. The molecule has 186 valence electrons. The predicted octanol–water partition coefficient (Wildman–Crippen LogP) is 7.08. The Labute approximate surface area is 214 Å². The second kappa shape index (κ2) is 12.7. The number of aryl methyl sites for hydroxylation is 3. The fourth-order valence-corrected chi connectivity index (χ4v) is 5.30.